The average Bonchev–Trinajstić information content (AvgIpc) is 3.40. The molecule has 1 amide bonds. The molecule has 4 N–H and O–H groups in total. The second-order valence-corrected chi connectivity index (χ2v) is 12.6. The predicted octanol–water partition coefficient (Wildman–Crippen LogP) is 5.26. The summed E-state index contributed by atoms with van der Waals surface area (Å²) in [5, 5.41) is 4.99. The molecular formula is C26H31N3O4PS+. The van der Waals surface area contributed by atoms with Crippen molar-refractivity contribution in [1.29, 1.82) is 0 Å². The van der Waals surface area contributed by atoms with Gasteiger partial charge in [-0.1, -0.05) is 24.3 Å². The SMILES string of the molecule is C[P+]1(O)OCC2(CCN(Cc3ccc(C(=O)Nc4cc(-c5cccs5)ccc4N)cc3)CC2)CO1. The van der Waals surface area contributed by atoms with Gasteiger partial charge in [0.2, 0.25) is 0 Å². The van der Waals surface area contributed by atoms with Crippen LogP contribution in [0.4, 0.5) is 11.4 Å². The summed E-state index contributed by atoms with van der Waals surface area (Å²) in [4.78, 5) is 26.4. The van der Waals surface area contributed by atoms with Crippen molar-refractivity contribution in [2.24, 2.45) is 5.41 Å². The van der Waals surface area contributed by atoms with E-state index in [4.69, 9.17) is 14.8 Å². The second kappa shape index (κ2) is 9.97. The molecule has 0 radical (unpaired) electrons. The van der Waals surface area contributed by atoms with Crippen molar-refractivity contribution in [2.45, 2.75) is 19.4 Å². The Bertz CT molecular complexity index is 1160. The van der Waals surface area contributed by atoms with Gasteiger partial charge in [-0.2, -0.15) is 13.9 Å². The minimum atomic E-state index is -2.60. The summed E-state index contributed by atoms with van der Waals surface area (Å²) in [6.45, 7) is 5.54. The Balaban J connectivity index is 1.16. The molecule has 7 nitrogen and oxygen atoms in total. The first-order valence-electron chi connectivity index (χ1n) is 11.8. The Hall–Kier alpha value is -2.32. The third-order valence-corrected chi connectivity index (χ3v) is 9.00. The molecule has 3 heterocycles. The average molecular weight is 513 g/mol. The van der Waals surface area contributed by atoms with Crippen LogP contribution in [-0.2, 0) is 15.6 Å². The highest BCUT2D eigenvalue weighted by Crippen LogP contribution is 2.59. The highest BCUT2D eigenvalue weighted by atomic mass is 32.1. The van der Waals surface area contributed by atoms with E-state index in [9.17, 15) is 9.69 Å². The number of nitrogen functional groups attached to an aromatic ring is 1. The van der Waals surface area contributed by atoms with E-state index in [0.717, 1.165) is 42.9 Å². The van der Waals surface area contributed by atoms with E-state index in [0.29, 0.717) is 30.2 Å². The number of carbonyl (C=O) groups excluding carboxylic acids is 1. The maximum Gasteiger partial charge on any atom is 0.405 e. The fourth-order valence-electron chi connectivity index (χ4n) is 4.54. The summed E-state index contributed by atoms with van der Waals surface area (Å²) < 4.78 is 11.2. The first-order chi connectivity index (χ1) is 16.8. The lowest BCUT2D eigenvalue weighted by molar-refractivity contribution is -0.0350. The van der Waals surface area contributed by atoms with Crippen LogP contribution in [-0.4, -0.2) is 48.7 Å². The van der Waals surface area contributed by atoms with E-state index in [2.05, 4.69) is 10.2 Å². The summed E-state index contributed by atoms with van der Waals surface area (Å²) in [5.41, 5.74) is 10.1. The van der Waals surface area contributed by atoms with Gasteiger partial charge in [-0.05, 0) is 72.8 Å². The smallest absolute Gasteiger partial charge is 0.397 e. The van der Waals surface area contributed by atoms with E-state index in [-0.39, 0.29) is 11.3 Å². The van der Waals surface area contributed by atoms with Crippen molar-refractivity contribution in [2.75, 3.05) is 44.0 Å². The standard InChI is InChI=1S/C26H30N3O4PS/c1-34(31)32-17-26(18-33-34)10-12-29(13-11-26)16-19-4-6-20(7-5-19)25(30)28-23-15-21(8-9-22(23)27)24-3-2-14-35-24/h2-9,14-15,31H,10-13,16-18,27H2,1H3/p+1. The van der Waals surface area contributed by atoms with Gasteiger partial charge in [0, 0.05) is 22.4 Å². The molecule has 2 saturated heterocycles. The zero-order chi connectivity index (χ0) is 24.5. The zero-order valence-corrected chi connectivity index (χ0v) is 21.5. The number of benzene rings is 2. The minimum Gasteiger partial charge on any atom is -0.397 e. The molecule has 2 aliphatic rings. The quantitative estimate of drug-likeness (QED) is 0.319. The third-order valence-electron chi connectivity index (χ3n) is 6.87. The Morgan fingerprint density at radius 3 is 2.51 bits per heavy atom. The van der Waals surface area contributed by atoms with Crippen LogP contribution < -0.4 is 11.1 Å². The van der Waals surface area contributed by atoms with Crippen LogP contribution in [0.2, 0.25) is 0 Å². The van der Waals surface area contributed by atoms with Crippen LogP contribution in [0.1, 0.15) is 28.8 Å². The Morgan fingerprint density at radius 1 is 1.14 bits per heavy atom. The molecule has 3 aromatic rings. The molecule has 2 aromatic carbocycles. The Kier molecular flexibility index (Phi) is 6.95. The normalized spacial score (nSPS) is 19.5. The lowest BCUT2D eigenvalue weighted by Gasteiger charge is -2.42. The van der Waals surface area contributed by atoms with Crippen LogP contribution in [0.5, 0.6) is 0 Å². The predicted molar refractivity (Wildman–Crippen MR) is 142 cm³/mol. The number of nitrogens with one attached hydrogen (secondary N) is 1. The molecule has 0 bridgehead atoms. The van der Waals surface area contributed by atoms with Gasteiger partial charge in [0.05, 0.1) is 11.4 Å². The topological polar surface area (TPSA) is 97.1 Å². The molecule has 0 atom stereocenters. The van der Waals surface area contributed by atoms with Crippen molar-refractivity contribution in [3.05, 3.63) is 71.1 Å². The van der Waals surface area contributed by atoms with Crippen LogP contribution in [0.15, 0.2) is 60.0 Å². The fraction of sp³-hybridized carbons (Fsp3) is 0.346. The molecule has 0 aliphatic carbocycles. The monoisotopic (exact) mass is 512 g/mol. The summed E-state index contributed by atoms with van der Waals surface area (Å²) in [7, 11) is -2.60. The number of nitrogens with two attached hydrogens (primary N) is 1. The highest BCUT2D eigenvalue weighted by molar-refractivity contribution is 7.59. The number of rotatable bonds is 5. The number of carbonyl (C=O) groups is 1. The van der Waals surface area contributed by atoms with Gasteiger partial charge < -0.3 is 11.1 Å². The van der Waals surface area contributed by atoms with Gasteiger partial charge in [-0.25, -0.2) is 0 Å². The molecule has 1 spiro atoms. The van der Waals surface area contributed by atoms with Crippen molar-refractivity contribution >= 4 is 36.6 Å². The number of anilines is 2. The molecule has 2 fully saturated rings. The highest BCUT2D eigenvalue weighted by Gasteiger charge is 2.49. The molecule has 0 saturated carbocycles. The maximum atomic E-state index is 12.9. The summed E-state index contributed by atoms with van der Waals surface area (Å²) in [6, 6.07) is 17.5. The molecule has 0 unspecified atom stereocenters. The summed E-state index contributed by atoms with van der Waals surface area (Å²) in [6.07, 6.45) is 1.97. The van der Waals surface area contributed by atoms with Crippen LogP contribution in [0, 0.1) is 5.41 Å². The largest absolute Gasteiger partial charge is 0.405 e. The van der Waals surface area contributed by atoms with E-state index < -0.39 is 7.94 Å². The van der Waals surface area contributed by atoms with Gasteiger partial charge in [-0.3, -0.25) is 9.69 Å². The lowest BCUT2D eigenvalue weighted by atomic mass is 9.80. The molecule has 184 valence electrons. The number of hydrogen-bond acceptors (Lipinski definition) is 7. The fourth-order valence-corrected chi connectivity index (χ4v) is 6.37. The molecule has 35 heavy (non-hydrogen) atoms. The van der Waals surface area contributed by atoms with Crippen LogP contribution in [0.3, 0.4) is 0 Å². The van der Waals surface area contributed by atoms with E-state index in [1.807, 2.05) is 60.0 Å². The molecule has 1 aromatic heterocycles. The van der Waals surface area contributed by atoms with Gasteiger partial charge in [0.15, 0.2) is 0 Å². The van der Waals surface area contributed by atoms with Gasteiger partial charge in [0.1, 0.15) is 19.9 Å². The second-order valence-electron chi connectivity index (χ2n) is 9.56. The molecular weight excluding hydrogens is 481 g/mol. The number of piperidine rings is 1. The molecule has 2 aliphatic heterocycles. The van der Waals surface area contributed by atoms with Gasteiger partial charge in [-0.15, -0.1) is 11.3 Å². The van der Waals surface area contributed by atoms with Gasteiger partial charge >= 0.3 is 7.94 Å². The number of likely N-dealkylation sites (tertiary alicyclic amines) is 1. The van der Waals surface area contributed by atoms with E-state index in [1.165, 1.54) is 5.56 Å². The maximum absolute atomic E-state index is 12.9. The van der Waals surface area contributed by atoms with Crippen molar-refractivity contribution < 1.29 is 18.7 Å². The zero-order valence-electron chi connectivity index (χ0n) is 19.8. The summed E-state index contributed by atoms with van der Waals surface area (Å²) >= 11 is 1.65. The van der Waals surface area contributed by atoms with Crippen molar-refractivity contribution in [3.8, 4) is 10.4 Å². The van der Waals surface area contributed by atoms with E-state index in [1.54, 1.807) is 18.0 Å². The van der Waals surface area contributed by atoms with Crippen molar-refractivity contribution in [1.82, 2.24) is 4.90 Å². The first kappa shape index (κ1) is 24.4. The van der Waals surface area contributed by atoms with Crippen LogP contribution in [0.25, 0.3) is 10.4 Å². The van der Waals surface area contributed by atoms with E-state index >= 15 is 0 Å². The van der Waals surface area contributed by atoms with Gasteiger partial charge in [0.25, 0.3) is 5.91 Å². The number of amides is 1. The lowest BCUT2D eigenvalue weighted by Crippen LogP contribution is -2.46. The Morgan fingerprint density at radius 2 is 1.86 bits per heavy atom. The number of nitrogens with zero attached hydrogens (tertiary/aromatic N) is 1. The molecule has 9 heteroatoms. The minimum absolute atomic E-state index is 0.0172. The number of thiophene rings is 1. The Labute approximate surface area is 210 Å². The number of hydrogen-bond donors (Lipinski definition) is 3. The summed E-state index contributed by atoms with van der Waals surface area (Å²) in [5.74, 6) is -0.178. The first-order valence-corrected chi connectivity index (χ1v) is 14.7. The van der Waals surface area contributed by atoms with Crippen molar-refractivity contribution in [3.63, 3.8) is 0 Å². The van der Waals surface area contributed by atoms with Crippen LogP contribution >= 0.6 is 19.3 Å². The third kappa shape index (κ3) is 5.75. The molecule has 5 rings (SSSR count).